The second-order valence-electron chi connectivity index (χ2n) is 5.62. The Hall–Kier alpha value is -1.25. The van der Waals surface area contributed by atoms with Crippen LogP contribution in [0.5, 0.6) is 0 Å². The molecule has 0 unspecified atom stereocenters. The van der Waals surface area contributed by atoms with E-state index in [1.54, 1.807) is 6.92 Å². The molecular weight excluding hydrogens is 330 g/mol. The fourth-order valence-corrected chi connectivity index (χ4v) is 2.73. The molecule has 2 heterocycles. The minimum atomic E-state index is -2.76. The summed E-state index contributed by atoms with van der Waals surface area (Å²) in [6, 6.07) is -0.0542. The normalized spacial score (nSPS) is 17.5. The molecule has 1 N–H and O–H groups in total. The number of morpholine rings is 1. The van der Waals surface area contributed by atoms with Crippen LogP contribution in [0.15, 0.2) is 0 Å². The summed E-state index contributed by atoms with van der Waals surface area (Å²) in [7, 11) is 0. The van der Waals surface area contributed by atoms with Crippen LogP contribution in [-0.4, -0.2) is 59.5 Å². The Labute approximate surface area is 138 Å². The van der Waals surface area contributed by atoms with Crippen molar-refractivity contribution in [2.45, 2.75) is 32.9 Å². The molecule has 0 bridgehead atoms. The molecule has 1 atom stereocenters. The molecule has 6 nitrogen and oxygen atoms in total. The number of nitrogens with zero attached hydrogens (tertiary/aromatic N) is 3. The molecular formula is C14H21ClF2N4O2. The van der Waals surface area contributed by atoms with E-state index in [9.17, 15) is 13.6 Å². The van der Waals surface area contributed by atoms with Crippen LogP contribution in [0.3, 0.4) is 0 Å². The van der Waals surface area contributed by atoms with Crippen LogP contribution in [0, 0.1) is 6.92 Å². The van der Waals surface area contributed by atoms with Gasteiger partial charge in [-0.05, 0) is 13.8 Å². The first-order valence-corrected chi connectivity index (χ1v) is 7.86. The largest absolute Gasteiger partial charge is 0.379 e. The molecule has 0 aromatic carbocycles. The van der Waals surface area contributed by atoms with E-state index in [-0.39, 0.29) is 23.5 Å². The van der Waals surface area contributed by atoms with Crippen LogP contribution < -0.4 is 5.32 Å². The summed E-state index contributed by atoms with van der Waals surface area (Å²) in [5.74, 6) is -0.283. The van der Waals surface area contributed by atoms with Crippen molar-refractivity contribution in [1.82, 2.24) is 20.0 Å². The molecule has 1 amide bonds. The average Bonchev–Trinajstić information content (AvgIpc) is 2.76. The number of ether oxygens (including phenoxy) is 1. The van der Waals surface area contributed by atoms with Crippen molar-refractivity contribution in [2.75, 3.05) is 32.8 Å². The number of nitrogens with one attached hydrogen (secondary N) is 1. The van der Waals surface area contributed by atoms with Gasteiger partial charge in [0, 0.05) is 25.7 Å². The molecule has 2 rings (SSSR count). The molecule has 1 aromatic rings. The number of hydrogen-bond donors (Lipinski definition) is 1. The molecule has 23 heavy (non-hydrogen) atoms. The molecule has 0 saturated carbocycles. The Bertz CT molecular complexity index is 547. The molecule has 0 aliphatic carbocycles. The van der Waals surface area contributed by atoms with Crippen LogP contribution in [0.1, 0.15) is 24.7 Å². The third-order valence-electron chi connectivity index (χ3n) is 3.70. The number of carbonyl (C=O) groups is 1. The van der Waals surface area contributed by atoms with Crippen LogP contribution in [0.2, 0.25) is 5.02 Å². The maximum atomic E-state index is 12.8. The number of hydrogen-bond acceptors (Lipinski definition) is 4. The molecule has 130 valence electrons. The average molecular weight is 351 g/mol. The Kier molecular flexibility index (Phi) is 6.32. The number of rotatable bonds is 6. The van der Waals surface area contributed by atoms with Gasteiger partial charge in [0.25, 0.3) is 6.43 Å². The molecule has 0 spiro atoms. The number of amides is 1. The van der Waals surface area contributed by atoms with Gasteiger partial charge in [0.2, 0.25) is 5.91 Å². The zero-order valence-corrected chi connectivity index (χ0v) is 13.9. The Morgan fingerprint density at radius 1 is 1.43 bits per heavy atom. The van der Waals surface area contributed by atoms with Gasteiger partial charge in [0.15, 0.2) is 0 Å². The summed E-state index contributed by atoms with van der Waals surface area (Å²) in [6.07, 6.45) is -2.76. The Morgan fingerprint density at radius 3 is 2.65 bits per heavy atom. The summed E-state index contributed by atoms with van der Waals surface area (Å²) in [4.78, 5) is 14.3. The Morgan fingerprint density at radius 2 is 2.09 bits per heavy atom. The SMILES string of the molecule is Cc1c(Cl)c(C(F)F)nn1CC(=O)N[C@H](C)CN1CCOCC1. The zero-order valence-electron chi connectivity index (χ0n) is 13.2. The second kappa shape index (κ2) is 8.03. The van der Waals surface area contributed by atoms with Gasteiger partial charge in [-0.25, -0.2) is 8.78 Å². The van der Waals surface area contributed by atoms with Gasteiger partial charge in [-0.3, -0.25) is 14.4 Å². The van der Waals surface area contributed by atoms with Gasteiger partial charge in [-0.15, -0.1) is 0 Å². The maximum Gasteiger partial charge on any atom is 0.283 e. The van der Waals surface area contributed by atoms with Crippen molar-refractivity contribution >= 4 is 17.5 Å². The van der Waals surface area contributed by atoms with Crippen LogP contribution >= 0.6 is 11.6 Å². The fourth-order valence-electron chi connectivity index (χ4n) is 2.51. The molecule has 0 radical (unpaired) electrons. The van der Waals surface area contributed by atoms with E-state index in [2.05, 4.69) is 15.3 Å². The van der Waals surface area contributed by atoms with Crippen molar-refractivity contribution in [1.29, 1.82) is 0 Å². The highest BCUT2D eigenvalue weighted by Crippen LogP contribution is 2.28. The monoisotopic (exact) mass is 350 g/mol. The van der Waals surface area contributed by atoms with Crippen molar-refractivity contribution in [2.24, 2.45) is 0 Å². The fraction of sp³-hybridized carbons (Fsp3) is 0.714. The van der Waals surface area contributed by atoms with Crippen LogP contribution in [-0.2, 0) is 16.1 Å². The van der Waals surface area contributed by atoms with Gasteiger partial charge >= 0.3 is 0 Å². The quantitative estimate of drug-likeness (QED) is 0.847. The lowest BCUT2D eigenvalue weighted by atomic mass is 10.3. The number of aromatic nitrogens is 2. The van der Waals surface area contributed by atoms with Gasteiger partial charge in [0.1, 0.15) is 12.2 Å². The van der Waals surface area contributed by atoms with Crippen molar-refractivity contribution in [3.05, 3.63) is 16.4 Å². The van der Waals surface area contributed by atoms with E-state index in [0.717, 1.165) is 19.6 Å². The Balaban J connectivity index is 1.87. The minimum Gasteiger partial charge on any atom is -0.379 e. The first-order chi connectivity index (χ1) is 10.9. The van der Waals surface area contributed by atoms with E-state index in [0.29, 0.717) is 18.9 Å². The van der Waals surface area contributed by atoms with Gasteiger partial charge < -0.3 is 10.1 Å². The number of alkyl halides is 2. The third kappa shape index (κ3) is 4.86. The lowest BCUT2D eigenvalue weighted by molar-refractivity contribution is -0.122. The molecule has 1 saturated heterocycles. The zero-order chi connectivity index (χ0) is 17.0. The highest BCUT2D eigenvalue weighted by Gasteiger charge is 2.22. The van der Waals surface area contributed by atoms with E-state index < -0.39 is 12.1 Å². The molecule has 1 fully saturated rings. The molecule has 1 aromatic heterocycles. The van der Waals surface area contributed by atoms with E-state index in [1.807, 2.05) is 6.92 Å². The first kappa shape index (κ1) is 18.1. The lowest BCUT2D eigenvalue weighted by Gasteiger charge is -2.29. The van der Waals surface area contributed by atoms with Gasteiger partial charge in [-0.2, -0.15) is 5.10 Å². The predicted molar refractivity (Wildman–Crippen MR) is 81.8 cm³/mol. The predicted octanol–water partition coefficient (Wildman–Crippen LogP) is 1.62. The number of carbonyl (C=O) groups excluding carboxylic acids is 1. The van der Waals surface area contributed by atoms with E-state index in [4.69, 9.17) is 16.3 Å². The van der Waals surface area contributed by atoms with Crippen molar-refractivity contribution in [3.8, 4) is 0 Å². The van der Waals surface area contributed by atoms with Crippen LogP contribution in [0.25, 0.3) is 0 Å². The third-order valence-corrected chi connectivity index (χ3v) is 4.17. The first-order valence-electron chi connectivity index (χ1n) is 7.49. The van der Waals surface area contributed by atoms with Crippen LogP contribution in [0.4, 0.5) is 8.78 Å². The van der Waals surface area contributed by atoms with E-state index in [1.165, 1.54) is 4.68 Å². The number of halogens is 3. The summed E-state index contributed by atoms with van der Waals surface area (Å²) in [5, 5.41) is 6.48. The summed E-state index contributed by atoms with van der Waals surface area (Å²) < 4.78 is 32.0. The summed E-state index contributed by atoms with van der Waals surface area (Å²) in [6.45, 7) is 7.12. The molecule has 9 heteroatoms. The second-order valence-corrected chi connectivity index (χ2v) is 6.00. The smallest absolute Gasteiger partial charge is 0.283 e. The topological polar surface area (TPSA) is 59.4 Å². The van der Waals surface area contributed by atoms with Gasteiger partial charge in [-0.1, -0.05) is 11.6 Å². The summed E-state index contributed by atoms with van der Waals surface area (Å²) in [5.41, 5.74) is -0.128. The van der Waals surface area contributed by atoms with E-state index >= 15 is 0 Å². The van der Waals surface area contributed by atoms with Gasteiger partial charge in [0.05, 0.1) is 23.9 Å². The lowest BCUT2D eigenvalue weighted by Crippen LogP contribution is -2.46. The highest BCUT2D eigenvalue weighted by molar-refractivity contribution is 6.31. The van der Waals surface area contributed by atoms with Crippen molar-refractivity contribution < 1.29 is 18.3 Å². The van der Waals surface area contributed by atoms with Crippen molar-refractivity contribution in [3.63, 3.8) is 0 Å². The highest BCUT2D eigenvalue weighted by atomic mass is 35.5. The maximum absolute atomic E-state index is 12.8. The molecule has 1 aliphatic heterocycles. The summed E-state index contributed by atoms with van der Waals surface area (Å²) >= 11 is 5.81. The molecule has 1 aliphatic rings. The standard InChI is InChI=1S/C14H21ClF2N4O2/c1-9(7-20-3-5-23-6-4-20)18-11(22)8-21-10(2)12(15)13(19-21)14(16)17/h9,14H,3-8H2,1-2H3,(H,18,22)/t9-/m1/s1. The minimum absolute atomic E-state index is 0.0542.